The van der Waals surface area contributed by atoms with Crippen LogP contribution < -0.4 is 5.73 Å². The summed E-state index contributed by atoms with van der Waals surface area (Å²) in [4.78, 5) is 11.4. The Labute approximate surface area is 283 Å². The Morgan fingerprint density at radius 2 is 1.64 bits per heavy atom. The molecule has 0 aromatic carbocycles. The molecule has 0 heterocycles. The van der Waals surface area contributed by atoms with Crippen molar-refractivity contribution >= 4 is 5.97 Å². The monoisotopic (exact) mass is 657 g/mol. The first kappa shape index (κ1) is 36.5. The normalized spacial score (nSPS) is 44.9. The number of aliphatic hydroxyl groups is 1. The molecular weight excluding hydrogens is 593 g/mol. The first-order valence-electron chi connectivity index (χ1n) is 18.3. The number of aliphatic hydroxyl groups excluding tert-OH is 1. The number of carbonyl (C=O) groups is 1. The minimum Gasteiger partial charge on any atom is -0.495 e. The van der Waals surface area contributed by atoms with Gasteiger partial charge in [0, 0.05) is 22.8 Å². The van der Waals surface area contributed by atoms with Crippen LogP contribution >= 0.6 is 0 Å². The fourth-order valence-electron chi connectivity index (χ4n) is 13.4. The van der Waals surface area contributed by atoms with E-state index in [0.29, 0.717) is 24.0 Å². The summed E-state index contributed by atoms with van der Waals surface area (Å²) in [6, 6.07) is 0. The maximum Gasteiger partial charge on any atom is 0.303 e. The van der Waals surface area contributed by atoms with Gasteiger partial charge in [-0.1, -0.05) is 67.2 Å². The number of halogens is 1. The van der Waals surface area contributed by atoms with E-state index in [1.165, 1.54) is 0 Å². The number of azo groups is 1. The molecule has 0 amide bonds. The number of carboxylic acid groups (broad SMARTS) is 1. The predicted octanol–water partition coefficient (Wildman–Crippen LogP) is 9.21. The summed E-state index contributed by atoms with van der Waals surface area (Å²) >= 11 is 0. The first-order chi connectivity index (χ1) is 21.6. The summed E-state index contributed by atoms with van der Waals surface area (Å²) in [5.41, 5.74) is 7.16. The third-order valence-corrected chi connectivity index (χ3v) is 15.7. The van der Waals surface area contributed by atoms with Crippen molar-refractivity contribution in [3.8, 4) is 0 Å². The molecule has 0 bridgehead atoms. The Morgan fingerprint density at radius 3 is 2.26 bits per heavy atom. The van der Waals surface area contributed by atoms with Gasteiger partial charge in [0.2, 0.25) is 6.30 Å². The summed E-state index contributed by atoms with van der Waals surface area (Å²) in [7, 11) is 0. The van der Waals surface area contributed by atoms with Gasteiger partial charge < -0.3 is 20.7 Å². The van der Waals surface area contributed by atoms with E-state index in [0.717, 1.165) is 69.8 Å². The molecule has 0 saturated heterocycles. The summed E-state index contributed by atoms with van der Waals surface area (Å²) in [6.07, 6.45) is 8.44. The molecule has 266 valence electrons. The second-order valence-corrected chi connectivity index (χ2v) is 18.8. The molecule has 5 aliphatic rings. The number of allylic oxidation sites excluding steroid dienone is 2. The Kier molecular flexibility index (Phi) is 9.25. The number of nitrogens with two attached hydrogens (primary N) is 1. The molecule has 11 atom stereocenters. The van der Waals surface area contributed by atoms with Gasteiger partial charge in [-0.05, 0) is 116 Å². The highest BCUT2D eigenvalue weighted by atomic mass is 19.1. The van der Waals surface area contributed by atoms with E-state index in [-0.39, 0.29) is 46.0 Å². The van der Waals surface area contributed by atoms with Crippen LogP contribution in [-0.2, 0) is 9.53 Å². The molecule has 8 heteroatoms. The van der Waals surface area contributed by atoms with Crippen LogP contribution in [0.2, 0.25) is 0 Å². The van der Waals surface area contributed by atoms with E-state index in [4.69, 9.17) is 10.5 Å². The molecule has 5 unspecified atom stereocenters. The molecule has 7 nitrogen and oxygen atoms in total. The minimum atomic E-state index is -1.48. The number of hydrogen-bond donors (Lipinski definition) is 3. The summed E-state index contributed by atoms with van der Waals surface area (Å²) < 4.78 is 22.9. The fourth-order valence-corrected chi connectivity index (χ4v) is 13.4. The lowest BCUT2D eigenvalue weighted by Crippen LogP contribution is -2.77. The maximum atomic E-state index is 16.3. The van der Waals surface area contributed by atoms with Crippen LogP contribution in [0.25, 0.3) is 0 Å². The number of hydrogen-bond acceptors (Lipinski definition) is 6. The Balaban J connectivity index is 1.44. The van der Waals surface area contributed by atoms with Crippen LogP contribution in [0.5, 0.6) is 0 Å². The standard InChI is InChI=1S/C39H64FN3O4/c1-24(2)26-11-17-38(32(40)43-42-23-44)20-19-37(10)36(9)16-12-27-34(6,7)29(47-25(3)21-33(4,5)22-30(45)46)14-15-35(27,8)28(36)13-18-39(37,41)31(26)38/h26-29,31-32,44H,1,3,11-23,41H2,2,4-10H3,(H,45,46)/b43-42+/t26-,27-,28+,29?,31-,32?,35-,36?,37-,38?,39?/m0/s1. The minimum absolute atomic E-state index is 0.00766. The fraction of sp³-hybridized carbons (Fsp3) is 0.872. The molecule has 5 fully saturated rings. The number of alkyl halides is 1. The second-order valence-electron chi connectivity index (χ2n) is 18.8. The molecule has 5 saturated carbocycles. The van der Waals surface area contributed by atoms with Crippen LogP contribution in [0.15, 0.2) is 34.7 Å². The van der Waals surface area contributed by atoms with Gasteiger partial charge in [-0.25, -0.2) is 4.39 Å². The van der Waals surface area contributed by atoms with Crippen molar-refractivity contribution in [2.24, 2.45) is 72.1 Å². The van der Waals surface area contributed by atoms with Crippen LogP contribution in [0, 0.1) is 56.2 Å². The number of aliphatic carboxylic acids is 1. The highest BCUT2D eigenvalue weighted by Crippen LogP contribution is 2.78. The zero-order valence-electron chi connectivity index (χ0n) is 30.6. The van der Waals surface area contributed by atoms with Gasteiger partial charge in [0.25, 0.3) is 0 Å². The number of carboxylic acids is 1. The van der Waals surface area contributed by atoms with Gasteiger partial charge >= 0.3 is 5.97 Å². The van der Waals surface area contributed by atoms with Gasteiger partial charge in [0.1, 0.15) is 6.10 Å². The number of rotatable bonds is 10. The molecule has 0 spiro atoms. The molecule has 47 heavy (non-hydrogen) atoms. The maximum absolute atomic E-state index is 16.3. The van der Waals surface area contributed by atoms with Crippen molar-refractivity contribution < 1.29 is 24.1 Å². The van der Waals surface area contributed by atoms with Gasteiger partial charge in [-0.3, -0.25) is 4.79 Å². The Morgan fingerprint density at radius 1 is 0.979 bits per heavy atom. The topological polar surface area (TPSA) is 118 Å². The number of ether oxygens (including phenoxy) is 1. The third kappa shape index (κ3) is 5.36. The van der Waals surface area contributed by atoms with Gasteiger partial charge in [0.05, 0.1) is 12.2 Å². The van der Waals surface area contributed by atoms with Crippen LogP contribution in [0.3, 0.4) is 0 Å². The smallest absolute Gasteiger partial charge is 0.303 e. The van der Waals surface area contributed by atoms with Crippen molar-refractivity contribution in [2.45, 2.75) is 150 Å². The SMILES string of the molecule is C=C(CC(C)(C)CC(=O)O)OC1CC[C@@]2(C)[C@@H](CCC3(C)[C@@H]2CCC2(N)[C@H]4[C@H](C(=C)C)CCC4(C(F)/N=N/CO)CC[C@@]32C)C1(C)C. The second kappa shape index (κ2) is 11.9. The summed E-state index contributed by atoms with van der Waals surface area (Å²) in [5.74, 6) is 0.921. The van der Waals surface area contributed by atoms with E-state index < -0.39 is 35.4 Å². The first-order valence-corrected chi connectivity index (χ1v) is 18.3. The van der Waals surface area contributed by atoms with Crippen LogP contribution in [0.4, 0.5) is 4.39 Å². The van der Waals surface area contributed by atoms with E-state index in [9.17, 15) is 15.0 Å². The summed E-state index contributed by atoms with van der Waals surface area (Å²) in [6.45, 7) is 26.4. The van der Waals surface area contributed by atoms with Crippen molar-refractivity contribution in [3.63, 3.8) is 0 Å². The predicted molar refractivity (Wildman–Crippen MR) is 184 cm³/mol. The lowest BCUT2D eigenvalue weighted by Gasteiger charge is -2.75. The van der Waals surface area contributed by atoms with Crippen LogP contribution in [0.1, 0.15) is 132 Å². The number of fused-ring (bicyclic) bond motifs is 7. The average molecular weight is 658 g/mol. The van der Waals surface area contributed by atoms with Gasteiger partial charge in [-0.15, -0.1) is 0 Å². The van der Waals surface area contributed by atoms with Gasteiger partial charge in [-0.2, -0.15) is 10.2 Å². The Bertz CT molecular complexity index is 1300. The zero-order valence-corrected chi connectivity index (χ0v) is 30.6. The molecule has 5 aliphatic carbocycles. The van der Waals surface area contributed by atoms with E-state index in [2.05, 4.69) is 64.9 Å². The van der Waals surface area contributed by atoms with Gasteiger partial charge in [0.15, 0.2) is 6.73 Å². The lowest BCUT2D eigenvalue weighted by molar-refractivity contribution is -0.259. The van der Waals surface area contributed by atoms with Crippen molar-refractivity contribution in [2.75, 3.05) is 6.73 Å². The van der Waals surface area contributed by atoms with Crippen molar-refractivity contribution in [3.05, 3.63) is 24.5 Å². The van der Waals surface area contributed by atoms with E-state index in [1.807, 2.05) is 13.8 Å². The Hall–Kier alpha value is -1.80. The zero-order chi connectivity index (χ0) is 35.0. The quantitative estimate of drug-likeness (QED) is 0.0937. The van der Waals surface area contributed by atoms with Crippen molar-refractivity contribution in [1.29, 1.82) is 0 Å². The number of nitrogens with zero attached hydrogens (tertiary/aromatic N) is 2. The average Bonchev–Trinajstić information content (AvgIpc) is 3.36. The third-order valence-electron chi connectivity index (χ3n) is 15.7. The van der Waals surface area contributed by atoms with E-state index in [1.54, 1.807) is 0 Å². The molecule has 0 aromatic rings. The molecule has 0 aromatic heterocycles. The molecule has 0 aliphatic heterocycles. The lowest BCUT2D eigenvalue weighted by atomic mass is 9.30. The van der Waals surface area contributed by atoms with Crippen LogP contribution in [-0.4, -0.2) is 40.9 Å². The molecular formula is C39H64FN3O4. The van der Waals surface area contributed by atoms with E-state index >= 15 is 4.39 Å². The molecule has 4 N–H and O–H groups in total. The van der Waals surface area contributed by atoms with Crippen molar-refractivity contribution in [1.82, 2.24) is 0 Å². The molecule has 5 rings (SSSR count). The highest BCUT2D eigenvalue weighted by Gasteiger charge is 2.76. The summed E-state index contributed by atoms with van der Waals surface area (Å²) in [5, 5.41) is 26.4. The highest BCUT2D eigenvalue weighted by molar-refractivity contribution is 5.67. The largest absolute Gasteiger partial charge is 0.495 e. The molecule has 0 radical (unpaired) electrons.